The lowest BCUT2D eigenvalue weighted by molar-refractivity contribution is 0.446. The highest BCUT2D eigenvalue weighted by molar-refractivity contribution is 7.90. The van der Waals surface area contributed by atoms with E-state index in [-0.39, 0.29) is 10.8 Å². The summed E-state index contributed by atoms with van der Waals surface area (Å²) in [5.74, 6) is 1.13. The molecule has 0 aliphatic carbocycles. The van der Waals surface area contributed by atoms with Gasteiger partial charge < -0.3 is 11.1 Å². The maximum Gasteiger partial charge on any atom is 0.269 e. The molecule has 136 valence electrons. The van der Waals surface area contributed by atoms with E-state index < -0.39 is 10.0 Å². The van der Waals surface area contributed by atoms with Gasteiger partial charge in [0.1, 0.15) is 11.6 Å². The van der Waals surface area contributed by atoms with E-state index in [1.807, 2.05) is 6.92 Å². The predicted octanol–water partition coefficient (Wildman–Crippen LogP) is 2.03. The van der Waals surface area contributed by atoms with Crippen molar-refractivity contribution in [3.63, 3.8) is 0 Å². The molecule has 1 saturated heterocycles. The Kier molecular flexibility index (Phi) is 4.16. The Morgan fingerprint density at radius 3 is 2.50 bits per heavy atom. The molecule has 0 unspecified atom stereocenters. The van der Waals surface area contributed by atoms with Crippen LogP contribution in [0.1, 0.15) is 30.1 Å². The number of nitrogen functional groups attached to an aromatic ring is 1. The van der Waals surface area contributed by atoms with Gasteiger partial charge in [-0.2, -0.15) is 0 Å². The molecule has 26 heavy (non-hydrogen) atoms. The fourth-order valence-electron chi connectivity index (χ4n) is 3.31. The molecule has 1 aliphatic rings. The third kappa shape index (κ3) is 2.85. The highest BCUT2D eigenvalue weighted by Gasteiger charge is 2.24. The highest BCUT2D eigenvalue weighted by Crippen LogP contribution is 2.28. The summed E-state index contributed by atoms with van der Waals surface area (Å²) in [6.45, 7) is 3.71. The molecule has 4 rings (SSSR count). The van der Waals surface area contributed by atoms with Crippen molar-refractivity contribution in [1.29, 1.82) is 0 Å². The van der Waals surface area contributed by atoms with Gasteiger partial charge in [-0.05, 0) is 51.1 Å². The molecular weight excluding hydrogens is 350 g/mol. The van der Waals surface area contributed by atoms with Gasteiger partial charge in [0.15, 0.2) is 5.65 Å². The van der Waals surface area contributed by atoms with Crippen LogP contribution in [-0.4, -0.2) is 35.4 Å². The van der Waals surface area contributed by atoms with Gasteiger partial charge >= 0.3 is 0 Å². The van der Waals surface area contributed by atoms with Gasteiger partial charge in [-0.3, -0.25) is 0 Å². The molecule has 1 fully saturated rings. The first kappa shape index (κ1) is 17.0. The number of anilines is 1. The highest BCUT2D eigenvalue weighted by atomic mass is 32.2. The molecule has 0 spiro atoms. The zero-order chi connectivity index (χ0) is 18.3. The molecule has 7 nitrogen and oxygen atoms in total. The van der Waals surface area contributed by atoms with Crippen LogP contribution in [0, 0.1) is 6.92 Å². The van der Waals surface area contributed by atoms with Crippen molar-refractivity contribution in [2.75, 3.05) is 18.8 Å². The lowest BCUT2D eigenvalue weighted by Gasteiger charge is -2.21. The van der Waals surface area contributed by atoms with E-state index in [0.29, 0.717) is 22.7 Å². The average Bonchev–Trinajstić information content (AvgIpc) is 3.08. The predicted molar refractivity (Wildman–Crippen MR) is 101 cm³/mol. The van der Waals surface area contributed by atoms with Crippen LogP contribution in [0.4, 0.5) is 5.82 Å². The van der Waals surface area contributed by atoms with E-state index in [0.717, 1.165) is 31.5 Å². The van der Waals surface area contributed by atoms with E-state index in [2.05, 4.69) is 15.3 Å². The zero-order valence-electron chi connectivity index (χ0n) is 14.5. The standard InChI is InChI=1S/C18H21N5O2S/c1-12-2-4-14(5-3-12)26(24,25)23-11-8-15-16(19)21-17(22-18(15)23)13-6-9-20-10-7-13/h2-5,8,11,13,20H,6-7,9-10H2,1H3,(H2,19,21,22). The minimum atomic E-state index is -3.74. The molecule has 0 saturated carbocycles. The molecule has 8 heteroatoms. The maximum absolute atomic E-state index is 13.1. The Bertz CT molecular complexity index is 1050. The van der Waals surface area contributed by atoms with Gasteiger partial charge in [-0.1, -0.05) is 17.7 Å². The van der Waals surface area contributed by atoms with Crippen molar-refractivity contribution in [3.8, 4) is 0 Å². The van der Waals surface area contributed by atoms with Gasteiger partial charge in [-0.15, -0.1) is 0 Å². The van der Waals surface area contributed by atoms with Crippen LogP contribution >= 0.6 is 0 Å². The first-order valence-corrected chi connectivity index (χ1v) is 10.1. The smallest absolute Gasteiger partial charge is 0.269 e. The first-order chi connectivity index (χ1) is 12.5. The molecule has 0 bridgehead atoms. The first-order valence-electron chi connectivity index (χ1n) is 8.64. The van der Waals surface area contributed by atoms with Crippen LogP contribution in [0.3, 0.4) is 0 Å². The maximum atomic E-state index is 13.1. The molecule has 0 atom stereocenters. The number of benzene rings is 1. The second-order valence-corrected chi connectivity index (χ2v) is 8.47. The van der Waals surface area contributed by atoms with Crippen LogP contribution in [0.2, 0.25) is 0 Å². The van der Waals surface area contributed by atoms with E-state index in [9.17, 15) is 8.42 Å². The summed E-state index contributed by atoms with van der Waals surface area (Å²) in [5.41, 5.74) is 7.44. The second-order valence-electron chi connectivity index (χ2n) is 6.66. The molecule has 0 radical (unpaired) electrons. The number of nitrogens with one attached hydrogen (secondary N) is 1. The topological polar surface area (TPSA) is 103 Å². The molecule has 3 N–H and O–H groups in total. The average molecular weight is 371 g/mol. The number of fused-ring (bicyclic) bond motifs is 1. The third-order valence-corrected chi connectivity index (χ3v) is 6.52. The Balaban J connectivity index is 1.85. The zero-order valence-corrected chi connectivity index (χ0v) is 15.3. The van der Waals surface area contributed by atoms with Crippen LogP contribution in [0.5, 0.6) is 0 Å². The van der Waals surface area contributed by atoms with Crippen LogP contribution < -0.4 is 11.1 Å². The van der Waals surface area contributed by atoms with E-state index in [4.69, 9.17) is 5.73 Å². The number of aromatic nitrogens is 3. The fraction of sp³-hybridized carbons (Fsp3) is 0.333. The normalized spacial score (nSPS) is 16.2. The van der Waals surface area contributed by atoms with Gasteiger partial charge in [0.25, 0.3) is 10.0 Å². The van der Waals surface area contributed by atoms with Crippen molar-refractivity contribution < 1.29 is 8.42 Å². The Labute approximate surface area is 152 Å². The van der Waals surface area contributed by atoms with Crippen molar-refractivity contribution in [1.82, 2.24) is 19.3 Å². The van der Waals surface area contributed by atoms with Crippen LogP contribution in [0.15, 0.2) is 41.4 Å². The van der Waals surface area contributed by atoms with Crippen molar-refractivity contribution in [2.24, 2.45) is 0 Å². The number of aryl methyl sites for hydroxylation is 1. The van der Waals surface area contributed by atoms with Crippen molar-refractivity contribution >= 4 is 26.9 Å². The fourth-order valence-corrected chi connectivity index (χ4v) is 4.61. The Morgan fingerprint density at radius 1 is 1.12 bits per heavy atom. The van der Waals surface area contributed by atoms with E-state index in [1.54, 1.807) is 30.3 Å². The monoisotopic (exact) mass is 371 g/mol. The van der Waals surface area contributed by atoms with Crippen LogP contribution in [0.25, 0.3) is 11.0 Å². The number of nitrogens with zero attached hydrogens (tertiary/aromatic N) is 3. The summed E-state index contributed by atoms with van der Waals surface area (Å²) in [6.07, 6.45) is 3.32. The Morgan fingerprint density at radius 2 is 1.81 bits per heavy atom. The van der Waals surface area contributed by atoms with Crippen LogP contribution in [-0.2, 0) is 10.0 Å². The number of hydrogen-bond donors (Lipinski definition) is 2. The minimum absolute atomic E-state index is 0.188. The summed E-state index contributed by atoms with van der Waals surface area (Å²) < 4.78 is 27.3. The van der Waals surface area contributed by atoms with E-state index in [1.165, 1.54) is 10.2 Å². The van der Waals surface area contributed by atoms with Gasteiger partial charge in [0.2, 0.25) is 0 Å². The second kappa shape index (κ2) is 6.37. The largest absolute Gasteiger partial charge is 0.383 e. The number of piperidine rings is 1. The summed E-state index contributed by atoms with van der Waals surface area (Å²) in [4.78, 5) is 9.25. The summed E-state index contributed by atoms with van der Waals surface area (Å²) in [7, 11) is -3.74. The van der Waals surface area contributed by atoms with E-state index >= 15 is 0 Å². The third-order valence-electron chi connectivity index (χ3n) is 4.84. The van der Waals surface area contributed by atoms with Gasteiger partial charge in [-0.25, -0.2) is 22.4 Å². The lowest BCUT2D eigenvalue weighted by Crippen LogP contribution is -2.27. The molecule has 2 aromatic heterocycles. The quantitative estimate of drug-likeness (QED) is 0.730. The molecule has 0 amide bonds. The van der Waals surface area contributed by atoms with Crippen molar-refractivity contribution in [2.45, 2.75) is 30.6 Å². The molecule has 1 aromatic carbocycles. The molecular formula is C18H21N5O2S. The SMILES string of the molecule is Cc1ccc(S(=O)(=O)n2ccc3c(N)nc(C4CCNCC4)nc32)cc1. The minimum Gasteiger partial charge on any atom is -0.383 e. The summed E-state index contributed by atoms with van der Waals surface area (Å²) in [6, 6.07) is 8.43. The number of rotatable bonds is 3. The Hall–Kier alpha value is -2.45. The molecule has 1 aliphatic heterocycles. The lowest BCUT2D eigenvalue weighted by atomic mass is 9.97. The summed E-state index contributed by atoms with van der Waals surface area (Å²) in [5, 5.41) is 3.86. The molecule has 3 aromatic rings. The van der Waals surface area contributed by atoms with Gasteiger partial charge in [0.05, 0.1) is 10.3 Å². The molecule has 3 heterocycles. The van der Waals surface area contributed by atoms with Gasteiger partial charge in [0, 0.05) is 12.1 Å². The summed E-state index contributed by atoms with van der Waals surface area (Å²) >= 11 is 0. The van der Waals surface area contributed by atoms with Crippen molar-refractivity contribution in [3.05, 3.63) is 47.9 Å². The number of nitrogens with two attached hydrogens (primary N) is 1. The number of hydrogen-bond acceptors (Lipinski definition) is 6.